The molecule has 1 aromatic carbocycles. The van der Waals surface area contributed by atoms with Gasteiger partial charge in [-0.2, -0.15) is 0 Å². The van der Waals surface area contributed by atoms with Crippen LogP contribution in [0.25, 0.3) is 0 Å². The first-order chi connectivity index (χ1) is 12.1. The van der Waals surface area contributed by atoms with Gasteiger partial charge in [-0.3, -0.25) is 15.0 Å². The first-order valence-corrected chi connectivity index (χ1v) is 8.65. The number of anilines is 1. The van der Waals surface area contributed by atoms with Gasteiger partial charge in [0.25, 0.3) is 0 Å². The van der Waals surface area contributed by atoms with Crippen LogP contribution in [0.15, 0.2) is 24.3 Å². The van der Waals surface area contributed by atoms with Crippen molar-refractivity contribution in [1.29, 1.82) is 0 Å². The van der Waals surface area contributed by atoms with Crippen molar-refractivity contribution in [3.63, 3.8) is 0 Å². The number of piperidine rings is 1. The average molecular weight is 347 g/mol. The molecule has 2 saturated heterocycles. The highest BCUT2D eigenvalue weighted by molar-refractivity contribution is 5.89. The third-order valence-corrected chi connectivity index (χ3v) is 4.78. The lowest BCUT2D eigenvalue weighted by atomic mass is 9.89. The Bertz CT molecular complexity index is 619. The Morgan fingerprint density at radius 1 is 1.40 bits per heavy atom. The Kier molecular flexibility index (Phi) is 5.55. The van der Waals surface area contributed by atoms with Gasteiger partial charge in [-0.05, 0) is 43.0 Å². The summed E-state index contributed by atoms with van der Waals surface area (Å²) >= 11 is 0. The lowest BCUT2D eigenvalue weighted by Crippen LogP contribution is -2.38. The fourth-order valence-electron chi connectivity index (χ4n) is 3.38. The Labute approximate surface area is 147 Å². The van der Waals surface area contributed by atoms with Gasteiger partial charge in [0, 0.05) is 19.7 Å². The predicted molar refractivity (Wildman–Crippen MR) is 93.5 cm³/mol. The second-order valence-electron chi connectivity index (χ2n) is 6.54. The minimum atomic E-state index is -0.371. The van der Waals surface area contributed by atoms with Crippen molar-refractivity contribution < 1.29 is 19.1 Å². The van der Waals surface area contributed by atoms with Gasteiger partial charge in [-0.1, -0.05) is 12.1 Å². The molecule has 7 heteroatoms. The van der Waals surface area contributed by atoms with Crippen molar-refractivity contribution in [1.82, 2.24) is 10.6 Å². The number of nitrogens with one attached hydrogen (secondary N) is 2. The second kappa shape index (κ2) is 7.84. The Morgan fingerprint density at radius 2 is 2.16 bits per heavy atom. The molecule has 2 heterocycles. The van der Waals surface area contributed by atoms with Gasteiger partial charge in [-0.25, -0.2) is 4.79 Å². The summed E-state index contributed by atoms with van der Waals surface area (Å²) < 4.78 is 10.7. The third-order valence-electron chi connectivity index (χ3n) is 4.78. The van der Waals surface area contributed by atoms with Crippen LogP contribution in [0.5, 0.6) is 0 Å². The van der Waals surface area contributed by atoms with E-state index in [0.717, 1.165) is 25.1 Å². The number of ether oxygens (including phenoxy) is 2. The molecule has 25 heavy (non-hydrogen) atoms. The predicted octanol–water partition coefficient (Wildman–Crippen LogP) is 1.59. The van der Waals surface area contributed by atoms with Crippen molar-refractivity contribution in [3.8, 4) is 0 Å². The van der Waals surface area contributed by atoms with Gasteiger partial charge in [-0.15, -0.1) is 0 Å². The number of nitrogens with zero attached hydrogens (tertiary/aromatic N) is 1. The summed E-state index contributed by atoms with van der Waals surface area (Å²) in [6.45, 7) is 3.16. The van der Waals surface area contributed by atoms with E-state index in [4.69, 9.17) is 9.47 Å². The molecular formula is C18H25N3O4. The number of benzene rings is 1. The zero-order valence-corrected chi connectivity index (χ0v) is 14.7. The van der Waals surface area contributed by atoms with Crippen molar-refractivity contribution >= 4 is 17.7 Å². The second-order valence-corrected chi connectivity index (χ2v) is 6.54. The topological polar surface area (TPSA) is 79.9 Å². The molecule has 3 atom stereocenters. The lowest BCUT2D eigenvalue weighted by molar-refractivity contribution is -0.119. The van der Waals surface area contributed by atoms with E-state index in [-0.39, 0.29) is 24.3 Å². The van der Waals surface area contributed by atoms with E-state index in [9.17, 15) is 9.59 Å². The summed E-state index contributed by atoms with van der Waals surface area (Å²) in [7, 11) is 1.72. The largest absolute Gasteiger partial charge is 0.442 e. The first kappa shape index (κ1) is 17.7. The van der Waals surface area contributed by atoms with E-state index < -0.39 is 0 Å². The fraction of sp³-hybridized carbons (Fsp3) is 0.556. The number of amides is 2. The van der Waals surface area contributed by atoms with E-state index in [1.54, 1.807) is 12.0 Å². The van der Waals surface area contributed by atoms with Gasteiger partial charge in [0.05, 0.1) is 13.1 Å². The Hall–Kier alpha value is -2.12. The van der Waals surface area contributed by atoms with E-state index in [1.165, 1.54) is 12.5 Å². The van der Waals surface area contributed by atoms with Crippen LogP contribution in [0.2, 0.25) is 0 Å². The Morgan fingerprint density at radius 3 is 2.84 bits per heavy atom. The number of methoxy groups -OCH3 is 1. The molecule has 2 N–H and O–H groups in total. The monoisotopic (exact) mass is 347 g/mol. The molecule has 2 fully saturated rings. The maximum Gasteiger partial charge on any atom is 0.414 e. The summed E-state index contributed by atoms with van der Waals surface area (Å²) in [5.41, 5.74) is 2.07. The molecule has 0 aromatic heterocycles. The number of carbonyl (C=O) groups is 2. The van der Waals surface area contributed by atoms with Gasteiger partial charge in [0.1, 0.15) is 12.3 Å². The quantitative estimate of drug-likeness (QED) is 0.845. The summed E-state index contributed by atoms with van der Waals surface area (Å²) in [6.07, 6.45) is 1.43. The summed E-state index contributed by atoms with van der Waals surface area (Å²) in [5.74, 6) is 0.327. The summed E-state index contributed by atoms with van der Waals surface area (Å²) in [5, 5.41) is 6.01. The maximum absolute atomic E-state index is 12.1. The number of hydrogen-bond acceptors (Lipinski definition) is 5. The van der Waals surface area contributed by atoms with Crippen LogP contribution in [0.3, 0.4) is 0 Å². The zero-order valence-electron chi connectivity index (χ0n) is 14.7. The van der Waals surface area contributed by atoms with Crippen molar-refractivity contribution in [2.24, 2.45) is 0 Å². The number of hydrogen-bond donors (Lipinski definition) is 2. The van der Waals surface area contributed by atoms with Crippen LogP contribution in [0, 0.1) is 0 Å². The molecule has 3 rings (SSSR count). The Balaban J connectivity index is 1.62. The molecule has 0 bridgehead atoms. The number of cyclic esters (lactones) is 1. The lowest BCUT2D eigenvalue weighted by Gasteiger charge is -2.29. The molecule has 2 unspecified atom stereocenters. The van der Waals surface area contributed by atoms with E-state index >= 15 is 0 Å². The van der Waals surface area contributed by atoms with Crippen LogP contribution in [-0.4, -0.2) is 51.1 Å². The van der Waals surface area contributed by atoms with E-state index in [2.05, 4.69) is 22.8 Å². The highest BCUT2D eigenvalue weighted by atomic mass is 16.6. The maximum atomic E-state index is 12.1. The molecular weight excluding hydrogens is 322 g/mol. The van der Waals surface area contributed by atoms with E-state index in [0.29, 0.717) is 19.0 Å². The number of carbonyl (C=O) groups excluding carboxylic acids is 2. The van der Waals surface area contributed by atoms with Crippen LogP contribution < -0.4 is 15.5 Å². The van der Waals surface area contributed by atoms with E-state index in [1.807, 2.05) is 12.1 Å². The average Bonchev–Trinajstić information content (AvgIpc) is 3.01. The van der Waals surface area contributed by atoms with Crippen LogP contribution in [0.1, 0.15) is 31.2 Å². The van der Waals surface area contributed by atoms with Crippen molar-refractivity contribution in [2.75, 3.05) is 31.6 Å². The smallest absolute Gasteiger partial charge is 0.414 e. The van der Waals surface area contributed by atoms with Crippen LogP contribution in [0.4, 0.5) is 10.5 Å². The van der Waals surface area contributed by atoms with Crippen molar-refractivity contribution in [2.45, 2.75) is 38.0 Å². The molecule has 0 saturated carbocycles. The fourth-order valence-corrected chi connectivity index (χ4v) is 3.38. The summed E-state index contributed by atoms with van der Waals surface area (Å²) in [4.78, 5) is 24.7. The molecule has 2 amide bonds. The standard InChI is InChI=1S/C18H25N3O4/c1-12(22)20-10-16-11-21(18(23)25-16)15-5-3-13(4-6-15)14-7-8-19-17(9-14)24-2/h3-6,14,16-17,19H,7-11H2,1-2H3,(H,20,22)/t14?,16-,17?/m0/s1. The zero-order chi connectivity index (χ0) is 17.8. The molecule has 2 aliphatic rings. The SMILES string of the molecule is COC1CC(c2ccc(N3C[C@H](CNC(C)=O)OC3=O)cc2)CCN1. The van der Waals surface area contributed by atoms with Gasteiger partial charge in [0.2, 0.25) is 5.91 Å². The highest BCUT2D eigenvalue weighted by Crippen LogP contribution is 2.30. The first-order valence-electron chi connectivity index (χ1n) is 8.65. The molecule has 0 spiro atoms. The minimum Gasteiger partial charge on any atom is -0.442 e. The third kappa shape index (κ3) is 4.29. The van der Waals surface area contributed by atoms with Crippen molar-refractivity contribution in [3.05, 3.63) is 29.8 Å². The number of rotatable bonds is 5. The van der Waals surface area contributed by atoms with Gasteiger partial charge in [0.15, 0.2) is 0 Å². The van der Waals surface area contributed by atoms with Crippen LogP contribution in [-0.2, 0) is 14.3 Å². The highest BCUT2D eigenvalue weighted by Gasteiger charge is 2.32. The molecule has 2 aliphatic heterocycles. The molecule has 0 radical (unpaired) electrons. The molecule has 0 aliphatic carbocycles. The molecule has 1 aromatic rings. The molecule has 7 nitrogen and oxygen atoms in total. The van der Waals surface area contributed by atoms with Gasteiger partial charge >= 0.3 is 6.09 Å². The van der Waals surface area contributed by atoms with Gasteiger partial charge < -0.3 is 14.8 Å². The molecule has 136 valence electrons. The normalized spacial score (nSPS) is 26.4. The summed E-state index contributed by atoms with van der Waals surface area (Å²) in [6, 6.07) is 8.07. The van der Waals surface area contributed by atoms with Crippen LogP contribution >= 0.6 is 0 Å². The minimum absolute atomic E-state index is 0.0986.